The van der Waals surface area contributed by atoms with E-state index in [4.69, 9.17) is 5.11 Å². The molecule has 0 saturated carbocycles. The van der Waals surface area contributed by atoms with Crippen LogP contribution >= 0.6 is 0 Å². The molecule has 0 aliphatic heterocycles. The molecule has 0 aromatic rings. The first-order valence-corrected chi connectivity index (χ1v) is 6.48. The van der Waals surface area contributed by atoms with Crippen molar-refractivity contribution in [2.45, 2.75) is 52.5 Å². The topological polar surface area (TPSA) is 92.7 Å². The van der Waals surface area contributed by atoms with Crippen molar-refractivity contribution in [3.05, 3.63) is 0 Å². The fraction of sp³-hybridized carbons (Fsp3) is 0.769. The largest absolute Gasteiger partial charge is 0.480 e. The lowest BCUT2D eigenvalue weighted by Gasteiger charge is -2.14. The zero-order valence-electron chi connectivity index (χ0n) is 11.8. The molecule has 0 bridgehead atoms. The Morgan fingerprint density at radius 2 is 1.84 bits per heavy atom. The van der Waals surface area contributed by atoms with Crippen LogP contribution in [0.2, 0.25) is 0 Å². The molecule has 0 aromatic heterocycles. The molecule has 0 heterocycles. The van der Waals surface area contributed by atoms with Crippen LogP contribution in [0, 0.1) is 5.92 Å². The number of unbranched alkanes of at least 4 members (excludes halogenated alkanes) is 1. The van der Waals surface area contributed by atoms with Gasteiger partial charge in [0.1, 0.15) is 6.61 Å². The standard InChI is InChI=1S/C13H23NO5/c1-9(2)6-4-5-7-12(16)14-11(13(17)18)8-19-10(3)15/h9,11H,4-8H2,1-3H3,(H,14,16)(H,17,18)/t11-/m0/s1. The summed E-state index contributed by atoms with van der Waals surface area (Å²) in [5, 5.41) is 11.2. The fourth-order valence-corrected chi connectivity index (χ4v) is 1.48. The first-order chi connectivity index (χ1) is 8.82. The maximum absolute atomic E-state index is 11.5. The van der Waals surface area contributed by atoms with Crippen molar-refractivity contribution in [1.29, 1.82) is 0 Å². The Balaban J connectivity index is 3.96. The van der Waals surface area contributed by atoms with Crippen molar-refractivity contribution in [2.75, 3.05) is 6.61 Å². The lowest BCUT2D eigenvalue weighted by atomic mass is 10.1. The highest BCUT2D eigenvalue weighted by atomic mass is 16.5. The summed E-state index contributed by atoms with van der Waals surface area (Å²) in [7, 11) is 0. The Morgan fingerprint density at radius 1 is 1.21 bits per heavy atom. The monoisotopic (exact) mass is 273 g/mol. The van der Waals surface area contributed by atoms with E-state index in [1.165, 1.54) is 6.92 Å². The molecule has 0 radical (unpaired) electrons. The molecule has 0 aliphatic rings. The number of esters is 1. The summed E-state index contributed by atoms with van der Waals surface area (Å²) < 4.78 is 4.59. The van der Waals surface area contributed by atoms with E-state index >= 15 is 0 Å². The number of rotatable bonds is 9. The third-order valence-electron chi connectivity index (χ3n) is 2.52. The number of carbonyl (C=O) groups excluding carboxylic acids is 2. The molecule has 0 saturated heterocycles. The van der Waals surface area contributed by atoms with Gasteiger partial charge in [0.2, 0.25) is 5.91 Å². The average Bonchev–Trinajstić information content (AvgIpc) is 2.29. The summed E-state index contributed by atoms with van der Waals surface area (Å²) in [5.74, 6) is -1.52. The smallest absolute Gasteiger partial charge is 0.329 e. The highest BCUT2D eigenvalue weighted by Crippen LogP contribution is 2.07. The summed E-state index contributed by atoms with van der Waals surface area (Å²) in [6, 6.07) is -1.18. The number of carbonyl (C=O) groups is 3. The van der Waals surface area contributed by atoms with E-state index in [-0.39, 0.29) is 18.9 Å². The molecule has 0 aliphatic carbocycles. The molecule has 0 fully saturated rings. The normalized spacial score (nSPS) is 12.0. The average molecular weight is 273 g/mol. The van der Waals surface area contributed by atoms with Crippen molar-refractivity contribution in [2.24, 2.45) is 5.92 Å². The summed E-state index contributed by atoms with van der Waals surface area (Å²) in [6.07, 6.45) is 3.00. The number of hydrogen-bond acceptors (Lipinski definition) is 4. The SMILES string of the molecule is CC(=O)OC[C@H](NC(=O)CCCCC(C)C)C(=O)O. The van der Waals surface area contributed by atoms with Gasteiger partial charge < -0.3 is 15.2 Å². The Kier molecular flexibility index (Phi) is 8.57. The predicted octanol–water partition coefficient (Wildman–Crippen LogP) is 1.34. The number of carboxylic acids is 1. The minimum Gasteiger partial charge on any atom is -0.480 e. The molecule has 0 spiro atoms. The van der Waals surface area contributed by atoms with Gasteiger partial charge in [-0.2, -0.15) is 0 Å². The Morgan fingerprint density at radius 3 is 2.32 bits per heavy atom. The molecule has 6 nitrogen and oxygen atoms in total. The molecule has 0 rings (SSSR count). The molecular weight excluding hydrogens is 250 g/mol. The Hall–Kier alpha value is -1.59. The van der Waals surface area contributed by atoms with E-state index in [0.717, 1.165) is 19.3 Å². The number of hydrogen-bond donors (Lipinski definition) is 2. The lowest BCUT2D eigenvalue weighted by molar-refractivity contribution is -0.149. The predicted molar refractivity (Wildman–Crippen MR) is 69.5 cm³/mol. The van der Waals surface area contributed by atoms with Crippen LogP contribution in [0.1, 0.15) is 46.5 Å². The van der Waals surface area contributed by atoms with Crippen LogP contribution in [-0.2, 0) is 19.1 Å². The minimum absolute atomic E-state index is 0.288. The first kappa shape index (κ1) is 17.4. The second-order valence-electron chi connectivity index (χ2n) is 4.90. The lowest BCUT2D eigenvalue weighted by Crippen LogP contribution is -2.44. The fourth-order valence-electron chi connectivity index (χ4n) is 1.48. The highest BCUT2D eigenvalue weighted by molar-refractivity contribution is 5.83. The van der Waals surface area contributed by atoms with Crippen LogP contribution in [-0.4, -0.2) is 35.6 Å². The van der Waals surface area contributed by atoms with Gasteiger partial charge in [0.25, 0.3) is 0 Å². The summed E-state index contributed by atoms with van der Waals surface area (Å²) in [4.78, 5) is 33.0. The van der Waals surface area contributed by atoms with Gasteiger partial charge in [-0.1, -0.05) is 26.7 Å². The quantitative estimate of drug-likeness (QED) is 0.488. The van der Waals surface area contributed by atoms with E-state index in [1.54, 1.807) is 0 Å². The van der Waals surface area contributed by atoms with Gasteiger partial charge in [-0.3, -0.25) is 9.59 Å². The number of carboxylic acid groups (broad SMARTS) is 1. The van der Waals surface area contributed by atoms with Gasteiger partial charge in [0, 0.05) is 13.3 Å². The maximum Gasteiger partial charge on any atom is 0.329 e. The van der Waals surface area contributed by atoms with Gasteiger partial charge in [-0.25, -0.2) is 4.79 Å². The third-order valence-corrected chi connectivity index (χ3v) is 2.52. The molecule has 2 N–H and O–H groups in total. The first-order valence-electron chi connectivity index (χ1n) is 6.48. The van der Waals surface area contributed by atoms with Gasteiger partial charge in [-0.15, -0.1) is 0 Å². The number of ether oxygens (including phenoxy) is 1. The second-order valence-corrected chi connectivity index (χ2v) is 4.90. The van der Waals surface area contributed by atoms with E-state index in [0.29, 0.717) is 5.92 Å². The van der Waals surface area contributed by atoms with Crippen molar-refractivity contribution in [3.63, 3.8) is 0 Å². The van der Waals surface area contributed by atoms with Crippen molar-refractivity contribution >= 4 is 17.8 Å². The third kappa shape index (κ3) is 10.1. The van der Waals surface area contributed by atoms with E-state index < -0.39 is 18.0 Å². The summed E-state index contributed by atoms with van der Waals surface area (Å²) in [5.41, 5.74) is 0. The van der Waals surface area contributed by atoms with Gasteiger partial charge in [0.05, 0.1) is 0 Å². The van der Waals surface area contributed by atoms with Crippen LogP contribution in [0.3, 0.4) is 0 Å². The second kappa shape index (κ2) is 9.35. The maximum atomic E-state index is 11.5. The van der Waals surface area contributed by atoms with Crippen LogP contribution < -0.4 is 5.32 Å². The van der Waals surface area contributed by atoms with Crippen LogP contribution in [0.5, 0.6) is 0 Å². The van der Waals surface area contributed by atoms with E-state index in [1.807, 2.05) is 0 Å². The number of nitrogens with one attached hydrogen (secondary N) is 1. The highest BCUT2D eigenvalue weighted by Gasteiger charge is 2.20. The molecule has 0 aromatic carbocycles. The Bertz CT molecular complexity index is 314. The Labute approximate surface area is 113 Å². The van der Waals surface area contributed by atoms with Crippen molar-refractivity contribution in [1.82, 2.24) is 5.32 Å². The van der Waals surface area contributed by atoms with Crippen molar-refractivity contribution < 1.29 is 24.2 Å². The van der Waals surface area contributed by atoms with Crippen molar-refractivity contribution in [3.8, 4) is 0 Å². The van der Waals surface area contributed by atoms with Gasteiger partial charge in [0.15, 0.2) is 6.04 Å². The van der Waals surface area contributed by atoms with E-state index in [2.05, 4.69) is 23.9 Å². The molecule has 1 amide bonds. The molecule has 0 unspecified atom stereocenters. The number of aliphatic carboxylic acids is 1. The van der Waals surface area contributed by atoms with Gasteiger partial charge >= 0.3 is 11.9 Å². The van der Waals surface area contributed by atoms with E-state index in [9.17, 15) is 14.4 Å². The molecule has 1 atom stereocenters. The molecule has 110 valence electrons. The summed E-state index contributed by atoms with van der Waals surface area (Å²) >= 11 is 0. The molecular formula is C13H23NO5. The van der Waals surface area contributed by atoms with Crippen LogP contribution in [0.25, 0.3) is 0 Å². The van der Waals surface area contributed by atoms with Crippen LogP contribution in [0.15, 0.2) is 0 Å². The zero-order chi connectivity index (χ0) is 14.8. The summed E-state index contributed by atoms with van der Waals surface area (Å²) in [6.45, 7) is 5.06. The van der Waals surface area contributed by atoms with Gasteiger partial charge in [-0.05, 0) is 12.3 Å². The molecule has 19 heavy (non-hydrogen) atoms. The zero-order valence-corrected chi connectivity index (χ0v) is 11.8. The van der Waals surface area contributed by atoms with Crippen LogP contribution in [0.4, 0.5) is 0 Å². The minimum atomic E-state index is -1.21. The number of amides is 1. The molecule has 6 heteroatoms.